The second-order valence-corrected chi connectivity index (χ2v) is 8.94. The normalized spacial score (nSPS) is 17.4. The molecule has 3 N–H and O–H groups in total. The van der Waals surface area contributed by atoms with Gasteiger partial charge in [0, 0.05) is 5.92 Å². The molecule has 2 aromatic carbocycles. The summed E-state index contributed by atoms with van der Waals surface area (Å²) in [7, 11) is 0. The summed E-state index contributed by atoms with van der Waals surface area (Å²) in [4.78, 5) is 36.6. The standard InChI is InChI=1S/C25H28N2O5/c1-3-24(2,22(30)26-25(12-13-25)14-21(28)29)27-23(31)32-15-20-18-10-6-4-8-16(18)17-9-5-7-11-19(17)20/h4-11,20H,3,12-15H2,1-2H3,(H,26,30)(H,27,31)(H,28,29). The summed E-state index contributed by atoms with van der Waals surface area (Å²) in [5.74, 6) is -1.42. The lowest BCUT2D eigenvalue weighted by Gasteiger charge is -2.30. The Morgan fingerprint density at radius 2 is 1.62 bits per heavy atom. The van der Waals surface area contributed by atoms with Crippen molar-refractivity contribution in [2.75, 3.05) is 6.61 Å². The number of rotatable bonds is 8. The van der Waals surface area contributed by atoms with Gasteiger partial charge in [-0.1, -0.05) is 55.5 Å². The van der Waals surface area contributed by atoms with Crippen LogP contribution in [0.25, 0.3) is 11.1 Å². The Hall–Kier alpha value is -3.35. The molecule has 0 saturated heterocycles. The van der Waals surface area contributed by atoms with Gasteiger partial charge in [-0.2, -0.15) is 0 Å². The van der Waals surface area contributed by atoms with Crippen LogP contribution in [0.5, 0.6) is 0 Å². The Balaban J connectivity index is 1.41. The highest BCUT2D eigenvalue weighted by molar-refractivity contribution is 5.90. The molecule has 2 aromatic rings. The summed E-state index contributed by atoms with van der Waals surface area (Å²) in [6, 6.07) is 16.2. The van der Waals surface area contributed by atoms with Crippen molar-refractivity contribution < 1.29 is 24.2 Å². The quantitative estimate of drug-likeness (QED) is 0.584. The van der Waals surface area contributed by atoms with Crippen molar-refractivity contribution >= 4 is 18.0 Å². The van der Waals surface area contributed by atoms with Gasteiger partial charge in [-0.05, 0) is 48.4 Å². The van der Waals surface area contributed by atoms with Gasteiger partial charge in [0.1, 0.15) is 12.1 Å². The molecule has 32 heavy (non-hydrogen) atoms. The zero-order chi connectivity index (χ0) is 22.9. The van der Waals surface area contributed by atoms with Crippen LogP contribution in [0, 0.1) is 0 Å². The second-order valence-electron chi connectivity index (χ2n) is 8.94. The van der Waals surface area contributed by atoms with Gasteiger partial charge < -0.3 is 20.5 Å². The minimum absolute atomic E-state index is 0.0693. The fourth-order valence-electron chi connectivity index (χ4n) is 4.33. The minimum Gasteiger partial charge on any atom is -0.481 e. The fourth-order valence-corrected chi connectivity index (χ4v) is 4.33. The van der Waals surface area contributed by atoms with E-state index in [1.54, 1.807) is 13.8 Å². The molecule has 0 heterocycles. The Morgan fingerprint density at radius 1 is 1.06 bits per heavy atom. The second kappa shape index (κ2) is 8.30. The first-order valence-corrected chi connectivity index (χ1v) is 10.9. The average molecular weight is 437 g/mol. The van der Waals surface area contributed by atoms with Crippen molar-refractivity contribution in [3.8, 4) is 11.1 Å². The van der Waals surface area contributed by atoms with Crippen molar-refractivity contribution in [2.24, 2.45) is 0 Å². The van der Waals surface area contributed by atoms with Crippen LogP contribution in [0.4, 0.5) is 4.79 Å². The number of carbonyl (C=O) groups is 3. The maximum atomic E-state index is 12.9. The van der Waals surface area contributed by atoms with Crippen LogP contribution >= 0.6 is 0 Å². The lowest BCUT2D eigenvalue weighted by molar-refractivity contribution is -0.138. The molecule has 1 unspecified atom stereocenters. The van der Waals surface area contributed by atoms with Gasteiger partial charge in [0.25, 0.3) is 0 Å². The molecule has 2 amide bonds. The van der Waals surface area contributed by atoms with Gasteiger partial charge in [0.2, 0.25) is 5.91 Å². The van der Waals surface area contributed by atoms with E-state index >= 15 is 0 Å². The van der Waals surface area contributed by atoms with Crippen molar-refractivity contribution in [2.45, 2.75) is 56.5 Å². The van der Waals surface area contributed by atoms with E-state index < -0.39 is 29.0 Å². The molecule has 0 spiro atoms. The highest BCUT2D eigenvalue weighted by atomic mass is 16.5. The van der Waals surface area contributed by atoms with Gasteiger partial charge >= 0.3 is 12.1 Å². The maximum Gasteiger partial charge on any atom is 0.408 e. The summed E-state index contributed by atoms with van der Waals surface area (Å²) >= 11 is 0. The van der Waals surface area contributed by atoms with Crippen LogP contribution in [0.1, 0.15) is 56.6 Å². The number of aliphatic carboxylic acids is 1. The van der Waals surface area contributed by atoms with E-state index in [0.29, 0.717) is 19.3 Å². The van der Waals surface area contributed by atoms with Crippen LogP contribution in [-0.2, 0) is 14.3 Å². The summed E-state index contributed by atoms with van der Waals surface area (Å²) in [6.07, 6.45) is 0.788. The molecule has 1 atom stereocenters. The van der Waals surface area contributed by atoms with Crippen LogP contribution in [0.3, 0.4) is 0 Å². The van der Waals surface area contributed by atoms with Crippen LogP contribution in [0.2, 0.25) is 0 Å². The van der Waals surface area contributed by atoms with Gasteiger partial charge in [-0.3, -0.25) is 9.59 Å². The third kappa shape index (κ3) is 4.20. The minimum atomic E-state index is -1.20. The van der Waals surface area contributed by atoms with Gasteiger partial charge in [0.15, 0.2) is 0 Å². The van der Waals surface area contributed by atoms with E-state index in [9.17, 15) is 14.4 Å². The molecule has 0 radical (unpaired) electrons. The first kappa shape index (κ1) is 21.9. The average Bonchev–Trinajstić information content (AvgIpc) is 3.43. The van der Waals surface area contributed by atoms with E-state index in [4.69, 9.17) is 9.84 Å². The van der Waals surface area contributed by atoms with E-state index in [0.717, 1.165) is 22.3 Å². The predicted octanol–water partition coefficient (Wildman–Crippen LogP) is 3.82. The smallest absolute Gasteiger partial charge is 0.408 e. The van der Waals surface area contributed by atoms with E-state index in [2.05, 4.69) is 22.8 Å². The van der Waals surface area contributed by atoms with Crippen molar-refractivity contribution in [1.82, 2.24) is 10.6 Å². The molecule has 7 heteroatoms. The molecule has 2 aliphatic rings. The Morgan fingerprint density at radius 3 is 2.12 bits per heavy atom. The Labute approximate surface area is 187 Å². The van der Waals surface area contributed by atoms with Gasteiger partial charge in [-0.15, -0.1) is 0 Å². The molecule has 4 rings (SSSR count). The zero-order valence-corrected chi connectivity index (χ0v) is 18.3. The number of hydrogen-bond acceptors (Lipinski definition) is 4. The lowest BCUT2D eigenvalue weighted by Crippen LogP contribution is -2.59. The SMILES string of the molecule is CCC(C)(NC(=O)OCC1c2ccccc2-c2ccccc21)C(=O)NC1(CC(=O)O)CC1. The van der Waals surface area contributed by atoms with Crippen LogP contribution in [-0.4, -0.2) is 40.8 Å². The number of fused-ring (bicyclic) bond motifs is 3. The zero-order valence-electron chi connectivity index (χ0n) is 18.3. The van der Waals surface area contributed by atoms with E-state index in [-0.39, 0.29) is 18.9 Å². The number of carboxylic acids is 1. The van der Waals surface area contributed by atoms with Crippen molar-refractivity contribution in [3.05, 3.63) is 59.7 Å². The van der Waals surface area contributed by atoms with Gasteiger partial charge in [-0.25, -0.2) is 4.79 Å². The highest BCUT2D eigenvalue weighted by Gasteiger charge is 2.48. The molecule has 1 saturated carbocycles. The lowest BCUT2D eigenvalue weighted by atomic mass is 9.96. The number of benzene rings is 2. The fraction of sp³-hybridized carbons (Fsp3) is 0.400. The van der Waals surface area contributed by atoms with Crippen LogP contribution < -0.4 is 10.6 Å². The number of alkyl carbamates (subject to hydrolysis) is 1. The monoisotopic (exact) mass is 436 g/mol. The number of carbonyl (C=O) groups excluding carboxylic acids is 2. The van der Waals surface area contributed by atoms with Crippen molar-refractivity contribution in [3.63, 3.8) is 0 Å². The summed E-state index contributed by atoms with van der Waals surface area (Å²) in [5.41, 5.74) is 2.61. The van der Waals surface area contributed by atoms with E-state index in [1.165, 1.54) is 0 Å². The number of nitrogens with one attached hydrogen (secondary N) is 2. The first-order chi connectivity index (χ1) is 15.3. The molecule has 2 aliphatic carbocycles. The number of carboxylic acid groups (broad SMARTS) is 1. The maximum absolute atomic E-state index is 12.9. The third-order valence-electron chi connectivity index (χ3n) is 6.65. The number of ether oxygens (including phenoxy) is 1. The molecule has 1 fully saturated rings. The first-order valence-electron chi connectivity index (χ1n) is 10.9. The molecule has 7 nitrogen and oxygen atoms in total. The third-order valence-corrected chi connectivity index (χ3v) is 6.65. The highest BCUT2D eigenvalue weighted by Crippen LogP contribution is 2.44. The molecule has 0 aliphatic heterocycles. The molecular formula is C25H28N2O5. The van der Waals surface area contributed by atoms with Gasteiger partial charge in [0.05, 0.1) is 12.0 Å². The molecule has 0 aromatic heterocycles. The molecular weight excluding hydrogens is 408 g/mol. The number of amides is 2. The number of hydrogen-bond donors (Lipinski definition) is 3. The van der Waals surface area contributed by atoms with Crippen LogP contribution in [0.15, 0.2) is 48.5 Å². The predicted molar refractivity (Wildman–Crippen MR) is 119 cm³/mol. The summed E-state index contributed by atoms with van der Waals surface area (Å²) < 4.78 is 5.57. The molecule has 168 valence electrons. The topological polar surface area (TPSA) is 105 Å². The summed E-state index contributed by atoms with van der Waals surface area (Å²) in [5, 5.41) is 14.6. The Bertz CT molecular complexity index is 1020. The summed E-state index contributed by atoms with van der Waals surface area (Å²) in [6.45, 7) is 3.57. The van der Waals surface area contributed by atoms with Crippen molar-refractivity contribution in [1.29, 1.82) is 0 Å². The largest absolute Gasteiger partial charge is 0.481 e. The Kier molecular flexibility index (Phi) is 5.67. The molecule has 0 bridgehead atoms. The van der Waals surface area contributed by atoms with E-state index in [1.807, 2.05) is 36.4 Å².